The van der Waals surface area contributed by atoms with Gasteiger partial charge in [0.25, 0.3) is 0 Å². The minimum Gasteiger partial charge on any atom is -0.382 e. The molecule has 0 atom stereocenters. The van der Waals surface area contributed by atoms with Gasteiger partial charge in [0, 0.05) is 16.5 Å². The van der Waals surface area contributed by atoms with Crippen molar-refractivity contribution in [1.82, 2.24) is 14.8 Å². The summed E-state index contributed by atoms with van der Waals surface area (Å²) in [5.74, 6) is -0.339. The van der Waals surface area contributed by atoms with E-state index in [1.807, 2.05) is 0 Å². The van der Waals surface area contributed by atoms with E-state index in [2.05, 4.69) is 10.1 Å². The Morgan fingerprint density at radius 3 is 3.38 bits per heavy atom. The molecule has 0 radical (unpaired) electrons. The van der Waals surface area contributed by atoms with Gasteiger partial charge in [-0.3, -0.25) is 0 Å². The average molecular weight is 182 g/mol. The number of nitrogens with zero attached hydrogens (tertiary/aromatic N) is 3. The molecule has 2 N–H and O–H groups in total. The van der Waals surface area contributed by atoms with Crippen molar-refractivity contribution >= 4 is 5.82 Å². The van der Waals surface area contributed by atoms with Crippen LogP contribution in [0.1, 0.15) is 16.5 Å². The van der Waals surface area contributed by atoms with Crippen LogP contribution in [-0.4, -0.2) is 14.8 Å². The van der Waals surface area contributed by atoms with Gasteiger partial charge in [-0.05, 0) is 24.5 Å². The fourth-order valence-electron chi connectivity index (χ4n) is 0.816. The first kappa shape index (κ1) is 2.83. The average Bonchev–Trinajstić information content (AvgIpc) is 2.61. The van der Waals surface area contributed by atoms with Crippen LogP contribution in [0.2, 0.25) is 0 Å². The van der Waals surface area contributed by atoms with E-state index in [1.165, 1.54) is 0 Å². The van der Waals surface area contributed by atoms with Crippen LogP contribution in [0.15, 0.2) is 30.6 Å². The molecule has 66 valence electrons. The lowest BCUT2D eigenvalue weighted by atomic mass is 10.4. The normalized spacial score (nSPS) is 20.0. The summed E-state index contributed by atoms with van der Waals surface area (Å²) in [5.41, 5.74) is 4.71. The van der Waals surface area contributed by atoms with E-state index in [1.54, 1.807) is 0 Å². The van der Waals surface area contributed by atoms with E-state index in [-0.39, 0.29) is 11.5 Å². The molecule has 4 nitrogen and oxygen atoms in total. The third-order valence-corrected chi connectivity index (χ3v) is 1.35. The Morgan fingerprint density at radius 2 is 2.62 bits per heavy atom. The minimum atomic E-state index is -2.71. The van der Waals surface area contributed by atoms with E-state index >= 15 is 0 Å². The van der Waals surface area contributed by atoms with Crippen LogP contribution in [0.5, 0.6) is 0 Å². The monoisotopic (exact) mass is 182 g/mol. The molecule has 2 aromatic heterocycles. The Labute approximate surface area is 87.3 Å². The number of nitrogens with two attached hydrogens (primary N) is 1. The molecule has 13 heavy (non-hydrogen) atoms. The Hall–Kier alpha value is -1.84. The molecule has 0 unspecified atom stereocenters. The van der Waals surface area contributed by atoms with Gasteiger partial charge in [-0.1, -0.05) is 0 Å². The van der Waals surface area contributed by atoms with E-state index in [0.717, 1.165) is 0 Å². The fourth-order valence-corrected chi connectivity index (χ4v) is 0.816. The van der Waals surface area contributed by atoms with Crippen LogP contribution in [-0.2, 0) is 0 Å². The summed E-state index contributed by atoms with van der Waals surface area (Å²) in [6.45, 7) is -2.71. The molecular formula is C9H10N4. The van der Waals surface area contributed by atoms with Crippen LogP contribution in [0.25, 0.3) is 5.69 Å². The highest BCUT2D eigenvalue weighted by molar-refractivity contribution is 5.50. The maximum Gasteiger partial charge on any atom is 0.149 e. The molecule has 0 spiro atoms. The summed E-state index contributed by atoms with van der Waals surface area (Å²) >= 11 is 0. The van der Waals surface area contributed by atoms with E-state index in [9.17, 15) is 0 Å². The molecule has 0 fully saturated rings. The Kier molecular flexibility index (Phi) is 0.631. The zero-order valence-electron chi connectivity index (χ0n) is 14.4. The fraction of sp³-hybridized carbons (Fsp3) is 0.111. The van der Waals surface area contributed by atoms with Gasteiger partial charge in [0.2, 0.25) is 0 Å². The number of hydrogen-bond acceptors (Lipinski definition) is 3. The molecule has 2 aromatic rings. The highest BCUT2D eigenvalue weighted by Crippen LogP contribution is 2.12. The van der Waals surface area contributed by atoms with Crippen molar-refractivity contribution in [2.45, 2.75) is 6.85 Å². The molecule has 2 heterocycles. The molecule has 2 rings (SSSR count). The first-order chi connectivity index (χ1) is 9.55. The van der Waals surface area contributed by atoms with Crippen LogP contribution < -0.4 is 5.73 Å². The van der Waals surface area contributed by atoms with Gasteiger partial charge in [0.1, 0.15) is 11.5 Å². The molecule has 4 heteroatoms. The zero-order chi connectivity index (χ0) is 16.1. The lowest BCUT2D eigenvalue weighted by Gasteiger charge is -2.02. The van der Waals surface area contributed by atoms with Gasteiger partial charge >= 0.3 is 0 Å². The molecule has 0 aliphatic carbocycles. The van der Waals surface area contributed by atoms with Crippen molar-refractivity contribution in [2.24, 2.45) is 0 Å². The highest BCUT2D eigenvalue weighted by Gasteiger charge is 2.01. The summed E-state index contributed by atoms with van der Waals surface area (Å²) in [7, 11) is 0. The first-order valence-electron chi connectivity index (χ1n) is 7.36. The van der Waals surface area contributed by atoms with E-state index in [0.29, 0.717) is 4.68 Å². The van der Waals surface area contributed by atoms with Gasteiger partial charge in [-0.2, -0.15) is 5.10 Å². The van der Waals surface area contributed by atoms with Crippen molar-refractivity contribution < 1.29 is 11.0 Å². The second-order valence-corrected chi connectivity index (χ2v) is 2.22. The summed E-state index contributed by atoms with van der Waals surface area (Å²) in [5, 5.41) is 3.59. The highest BCUT2D eigenvalue weighted by atomic mass is 15.3. The summed E-state index contributed by atoms with van der Waals surface area (Å²) < 4.78 is 60.6. The third-order valence-electron chi connectivity index (χ3n) is 1.35. The minimum absolute atomic E-state index is 0.287. The SMILES string of the molecule is [2H]c1nc(N)c(-n2nc([2H])c(C([2H])([2H])[2H])c2[2H])c([2H])c1[2H]. The predicted molar refractivity (Wildman–Crippen MR) is 50.5 cm³/mol. The molecule has 0 aliphatic heterocycles. The number of hydrogen-bond donors (Lipinski definition) is 1. The van der Waals surface area contributed by atoms with Gasteiger partial charge in [-0.25, -0.2) is 9.67 Å². The molecule has 0 aromatic carbocycles. The zero-order valence-corrected chi connectivity index (χ0v) is 6.42. The molecule has 0 saturated carbocycles. The van der Waals surface area contributed by atoms with Crippen LogP contribution in [0.4, 0.5) is 5.82 Å². The Morgan fingerprint density at radius 1 is 1.69 bits per heavy atom. The maximum atomic E-state index is 7.82. The predicted octanol–water partition coefficient (Wildman–Crippen LogP) is 1.16. The van der Waals surface area contributed by atoms with Gasteiger partial charge < -0.3 is 5.73 Å². The molecule has 0 saturated heterocycles. The lowest BCUT2D eigenvalue weighted by molar-refractivity contribution is 0.877. The Balaban J connectivity index is 2.79. The van der Waals surface area contributed by atoms with E-state index in [4.69, 9.17) is 16.7 Å². The third kappa shape index (κ3) is 1.38. The van der Waals surface area contributed by atoms with Crippen molar-refractivity contribution in [3.63, 3.8) is 0 Å². The van der Waals surface area contributed by atoms with Crippen LogP contribution in [0.3, 0.4) is 0 Å². The first-order valence-corrected chi connectivity index (χ1v) is 3.36. The van der Waals surface area contributed by atoms with Gasteiger partial charge in [0.15, 0.2) is 0 Å². The number of pyridine rings is 1. The van der Waals surface area contributed by atoms with Crippen molar-refractivity contribution in [3.8, 4) is 5.69 Å². The van der Waals surface area contributed by atoms with Crippen LogP contribution >= 0.6 is 0 Å². The molecular weight excluding hydrogens is 164 g/mol. The number of nitrogen functional groups attached to an aromatic ring is 1. The number of rotatable bonds is 1. The van der Waals surface area contributed by atoms with Crippen molar-refractivity contribution in [3.05, 3.63) is 36.2 Å². The van der Waals surface area contributed by atoms with Crippen LogP contribution in [0, 0.1) is 6.85 Å². The quantitative estimate of drug-likeness (QED) is 0.720. The Bertz CT molecular complexity index is 720. The van der Waals surface area contributed by atoms with Gasteiger partial charge in [0.05, 0.1) is 13.0 Å². The summed E-state index contributed by atoms with van der Waals surface area (Å²) in [4.78, 5) is 3.54. The smallest absolute Gasteiger partial charge is 0.149 e. The lowest BCUT2D eigenvalue weighted by Crippen LogP contribution is -2.01. The molecule has 0 amide bonds. The number of aromatic nitrogens is 3. The topological polar surface area (TPSA) is 56.7 Å². The molecule has 0 aliphatic rings. The second-order valence-electron chi connectivity index (χ2n) is 2.22. The standard InChI is InChI=1S/C9H10N4/c1-7-5-12-13(6-7)8-3-2-4-11-9(8)10/h2-6H,1H3,(H2,10,11)/i1D3,2D,3D,4D,5D,6D. The number of anilines is 1. The van der Waals surface area contributed by atoms with Crippen molar-refractivity contribution in [2.75, 3.05) is 5.73 Å². The summed E-state index contributed by atoms with van der Waals surface area (Å²) in [6.07, 6.45) is -1.78. The van der Waals surface area contributed by atoms with Gasteiger partial charge in [-0.15, -0.1) is 0 Å². The maximum absolute atomic E-state index is 7.82. The largest absolute Gasteiger partial charge is 0.382 e. The van der Waals surface area contributed by atoms with E-state index < -0.39 is 43.0 Å². The second kappa shape index (κ2) is 2.90. The van der Waals surface area contributed by atoms with Crippen molar-refractivity contribution in [1.29, 1.82) is 0 Å². The molecule has 0 bridgehead atoms. The summed E-state index contributed by atoms with van der Waals surface area (Å²) in [6, 6.07) is -1.04.